The molecule has 2 heteroatoms. The number of carbonyl (C=O) groups is 1. The highest BCUT2D eigenvalue weighted by Crippen LogP contribution is 2.14. The molecule has 0 aromatic heterocycles. The SMILES string of the molecule is CCN(CCC(=O)c1ccc(C)cc1)c1ccccc1. The van der Waals surface area contributed by atoms with Crippen LogP contribution in [-0.2, 0) is 0 Å². The van der Waals surface area contributed by atoms with Crippen LogP contribution in [0.5, 0.6) is 0 Å². The molecule has 0 amide bonds. The van der Waals surface area contributed by atoms with Gasteiger partial charge in [-0.25, -0.2) is 0 Å². The number of hydrogen-bond donors (Lipinski definition) is 0. The zero-order valence-electron chi connectivity index (χ0n) is 12.2. The van der Waals surface area contributed by atoms with Crippen molar-refractivity contribution in [1.82, 2.24) is 0 Å². The minimum Gasteiger partial charge on any atom is -0.371 e. The highest BCUT2D eigenvalue weighted by atomic mass is 16.1. The van der Waals surface area contributed by atoms with Gasteiger partial charge in [-0.15, -0.1) is 0 Å². The van der Waals surface area contributed by atoms with Crippen molar-refractivity contribution in [2.45, 2.75) is 20.3 Å². The average molecular weight is 267 g/mol. The average Bonchev–Trinajstić information content (AvgIpc) is 2.49. The summed E-state index contributed by atoms with van der Waals surface area (Å²) < 4.78 is 0. The molecule has 0 saturated carbocycles. The fourth-order valence-corrected chi connectivity index (χ4v) is 2.23. The summed E-state index contributed by atoms with van der Waals surface area (Å²) in [5.41, 5.74) is 3.16. The molecular weight excluding hydrogens is 246 g/mol. The lowest BCUT2D eigenvalue weighted by Crippen LogP contribution is -2.25. The summed E-state index contributed by atoms with van der Waals surface area (Å²) in [5, 5.41) is 0. The molecular formula is C18H21NO. The van der Waals surface area contributed by atoms with Gasteiger partial charge < -0.3 is 4.90 Å². The number of para-hydroxylation sites is 1. The van der Waals surface area contributed by atoms with Crippen LogP contribution >= 0.6 is 0 Å². The molecule has 0 N–H and O–H groups in total. The molecule has 0 radical (unpaired) electrons. The first-order valence-corrected chi connectivity index (χ1v) is 7.10. The Morgan fingerprint density at radius 1 is 1.00 bits per heavy atom. The van der Waals surface area contributed by atoms with Crippen molar-refractivity contribution in [2.24, 2.45) is 0 Å². The van der Waals surface area contributed by atoms with Crippen LogP contribution in [0.3, 0.4) is 0 Å². The van der Waals surface area contributed by atoms with E-state index >= 15 is 0 Å². The first-order chi connectivity index (χ1) is 9.70. The van der Waals surface area contributed by atoms with Crippen LogP contribution in [0.15, 0.2) is 54.6 Å². The standard InChI is InChI=1S/C18H21NO/c1-3-19(17-7-5-4-6-8-17)14-13-18(20)16-11-9-15(2)10-12-16/h4-12H,3,13-14H2,1-2H3. The number of hydrogen-bond acceptors (Lipinski definition) is 2. The zero-order chi connectivity index (χ0) is 14.4. The maximum atomic E-state index is 12.2. The largest absolute Gasteiger partial charge is 0.371 e. The smallest absolute Gasteiger partial charge is 0.164 e. The second-order valence-electron chi connectivity index (χ2n) is 4.95. The van der Waals surface area contributed by atoms with Gasteiger partial charge in [-0.2, -0.15) is 0 Å². The van der Waals surface area contributed by atoms with Gasteiger partial charge in [-0.3, -0.25) is 4.79 Å². The number of ketones is 1. The van der Waals surface area contributed by atoms with Crippen LogP contribution in [0.2, 0.25) is 0 Å². The Morgan fingerprint density at radius 3 is 2.25 bits per heavy atom. The lowest BCUT2D eigenvalue weighted by Gasteiger charge is -2.22. The Kier molecular flexibility index (Phi) is 4.94. The molecule has 2 rings (SSSR count). The van der Waals surface area contributed by atoms with E-state index in [0.29, 0.717) is 6.42 Å². The van der Waals surface area contributed by atoms with Crippen LogP contribution in [0, 0.1) is 6.92 Å². The summed E-state index contributed by atoms with van der Waals surface area (Å²) in [6.07, 6.45) is 0.547. The number of rotatable bonds is 6. The lowest BCUT2D eigenvalue weighted by atomic mass is 10.1. The minimum atomic E-state index is 0.208. The van der Waals surface area contributed by atoms with Gasteiger partial charge in [0.25, 0.3) is 0 Å². The topological polar surface area (TPSA) is 20.3 Å². The summed E-state index contributed by atoms with van der Waals surface area (Å²) in [7, 11) is 0. The fourth-order valence-electron chi connectivity index (χ4n) is 2.23. The maximum absolute atomic E-state index is 12.2. The van der Waals surface area contributed by atoms with E-state index in [0.717, 1.165) is 18.7 Å². The van der Waals surface area contributed by atoms with Crippen molar-refractivity contribution in [1.29, 1.82) is 0 Å². The molecule has 0 atom stereocenters. The van der Waals surface area contributed by atoms with E-state index in [1.165, 1.54) is 11.3 Å². The predicted molar refractivity (Wildman–Crippen MR) is 84.5 cm³/mol. The summed E-state index contributed by atoms with van der Waals surface area (Å²) in [4.78, 5) is 14.4. The Hall–Kier alpha value is -2.09. The normalized spacial score (nSPS) is 10.3. The van der Waals surface area contributed by atoms with Gasteiger partial charge in [0.05, 0.1) is 0 Å². The van der Waals surface area contributed by atoms with Crippen LogP contribution in [0.1, 0.15) is 29.3 Å². The quantitative estimate of drug-likeness (QED) is 0.735. The van der Waals surface area contributed by atoms with Gasteiger partial charge in [0.2, 0.25) is 0 Å². The van der Waals surface area contributed by atoms with Crippen LogP contribution in [0.25, 0.3) is 0 Å². The highest BCUT2D eigenvalue weighted by Gasteiger charge is 2.09. The molecule has 0 aliphatic rings. The number of carbonyl (C=O) groups excluding carboxylic acids is 1. The van der Waals surface area contributed by atoms with Crippen molar-refractivity contribution in [3.05, 3.63) is 65.7 Å². The van der Waals surface area contributed by atoms with Crippen LogP contribution in [-0.4, -0.2) is 18.9 Å². The molecule has 0 spiro atoms. The predicted octanol–water partition coefficient (Wildman–Crippen LogP) is 4.09. The molecule has 2 aromatic carbocycles. The Labute approximate surface area is 121 Å². The molecule has 0 fully saturated rings. The second kappa shape index (κ2) is 6.90. The first-order valence-electron chi connectivity index (χ1n) is 7.10. The molecule has 0 saturated heterocycles. The number of aryl methyl sites for hydroxylation is 1. The van der Waals surface area contributed by atoms with E-state index in [1.54, 1.807) is 0 Å². The second-order valence-corrected chi connectivity index (χ2v) is 4.95. The molecule has 20 heavy (non-hydrogen) atoms. The zero-order valence-corrected chi connectivity index (χ0v) is 12.2. The molecule has 2 aromatic rings. The minimum absolute atomic E-state index is 0.208. The van der Waals surface area contributed by atoms with Gasteiger partial charge in [-0.05, 0) is 26.0 Å². The molecule has 0 aliphatic carbocycles. The van der Waals surface area contributed by atoms with Gasteiger partial charge >= 0.3 is 0 Å². The number of Topliss-reactive ketones (excluding diaryl/α,β-unsaturated/α-hetero) is 1. The Morgan fingerprint density at radius 2 is 1.65 bits per heavy atom. The fraction of sp³-hybridized carbons (Fsp3) is 0.278. The van der Waals surface area contributed by atoms with Crippen molar-refractivity contribution >= 4 is 11.5 Å². The summed E-state index contributed by atoms with van der Waals surface area (Å²) >= 11 is 0. The first kappa shape index (κ1) is 14.3. The molecule has 0 bridgehead atoms. The van der Waals surface area contributed by atoms with E-state index in [4.69, 9.17) is 0 Å². The molecule has 0 unspecified atom stereocenters. The summed E-state index contributed by atoms with van der Waals surface area (Å²) in [6.45, 7) is 5.81. The van der Waals surface area contributed by atoms with Crippen molar-refractivity contribution < 1.29 is 4.79 Å². The van der Waals surface area contributed by atoms with Crippen molar-refractivity contribution in [3.8, 4) is 0 Å². The van der Waals surface area contributed by atoms with E-state index in [2.05, 4.69) is 24.0 Å². The van der Waals surface area contributed by atoms with Gasteiger partial charge in [0, 0.05) is 30.8 Å². The van der Waals surface area contributed by atoms with Crippen LogP contribution < -0.4 is 4.90 Å². The van der Waals surface area contributed by atoms with Gasteiger partial charge in [0.15, 0.2) is 5.78 Å². The van der Waals surface area contributed by atoms with Gasteiger partial charge in [0.1, 0.15) is 0 Å². The van der Waals surface area contributed by atoms with E-state index in [9.17, 15) is 4.79 Å². The van der Waals surface area contributed by atoms with E-state index in [-0.39, 0.29) is 5.78 Å². The molecule has 0 heterocycles. The van der Waals surface area contributed by atoms with Gasteiger partial charge in [-0.1, -0.05) is 48.0 Å². The molecule has 2 nitrogen and oxygen atoms in total. The van der Waals surface area contributed by atoms with E-state index < -0.39 is 0 Å². The monoisotopic (exact) mass is 267 g/mol. The Balaban J connectivity index is 1.96. The number of anilines is 1. The Bertz CT molecular complexity index is 545. The van der Waals surface area contributed by atoms with Crippen LogP contribution in [0.4, 0.5) is 5.69 Å². The van der Waals surface area contributed by atoms with Crippen molar-refractivity contribution in [3.63, 3.8) is 0 Å². The third-order valence-corrected chi connectivity index (χ3v) is 3.49. The highest BCUT2D eigenvalue weighted by molar-refractivity contribution is 5.96. The molecule has 104 valence electrons. The maximum Gasteiger partial charge on any atom is 0.164 e. The number of benzene rings is 2. The summed E-state index contributed by atoms with van der Waals surface area (Å²) in [6, 6.07) is 18.0. The molecule has 0 aliphatic heterocycles. The summed E-state index contributed by atoms with van der Waals surface area (Å²) in [5.74, 6) is 0.208. The third kappa shape index (κ3) is 3.70. The third-order valence-electron chi connectivity index (χ3n) is 3.49. The number of nitrogens with zero attached hydrogens (tertiary/aromatic N) is 1. The lowest BCUT2D eigenvalue weighted by molar-refractivity contribution is 0.0984. The van der Waals surface area contributed by atoms with Crippen molar-refractivity contribution in [2.75, 3.05) is 18.0 Å². The van der Waals surface area contributed by atoms with E-state index in [1.807, 2.05) is 49.4 Å².